The summed E-state index contributed by atoms with van der Waals surface area (Å²) in [6.45, 7) is 0. The molecule has 18 heavy (non-hydrogen) atoms. The number of halogens is 1. The minimum absolute atomic E-state index is 0.355. The highest BCUT2D eigenvalue weighted by Crippen LogP contribution is 2.28. The van der Waals surface area contributed by atoms with Crippen LogP contribution >= 0.6 is 11.6 Å². The second-order valence-corrected chi connectivity index (χ2v) is 4.42. The summed E-state index contributed by atoms with van der Waals surface area (Å²) in [4.78, 5) is 0. The number of nitrogens with zero attached hydrogens (tertiary/aromatic N) is 2. The van der Waals surface area contributed by atoms with Gasteiger partial charge in [0.25, 0.3) is 0 Å². The summed E-state index contributed by atoms with van der Waals surface area (Å²) in [6.07, 6.45) is 3.24. The molecule has 0 amide bonds. The molecule has 0 aliphatic rings. The molecular weight excluding hydrogens is 250 g/mol. The molecule has 1 atom stereocenters. The van der Waals surface area contributed by atoms with E-state index in [1.807, 2.05) is 24.3 Å². The van der Waals surface area contributed by atoms with Gasteiger partial charge in [0.05, 0.1) is 12.2 Å². The van der Waals surface area contributed by atoms with Crippen molar-refractivity contribution in [2.75, 3.05) is 0 Å². The summed E-state index contributed by atoms with van der Waals surface area (Å²) in [5.74, 6) is 0.681. The predicted molar refractivity (Wildman–Crippen MR) is 69.3 cm³/mol. The molecular formula is C13H10ClN3O. The Bertz CT molecular complexity index is 681. The van der Waals surface area contributed by atoms with E-state index >= 15 is 0 Å². The van der Waals surface area contributed by atoms with E-state index < -0.39 is 0 Å². The summed E-state index contributed by atoms with van der Waals surface area (Å²) < 4.78 is 5.71. The van der Waals surface area contributed by atoms with Gasteiger partial charge in [-0.25, -0.2) is 0 Å². The Balaban J connectivity index is 2.04. The Labute approximate surface area is 108 Å². The smallest absolute Gasteiger partial charge is 0.134 e. The molecule has 0 saturated heterocycles. The van der Waals surface area contributed by atoms with Gasteiger partial charge in [-0.15, -0.1) is 0 Å². The minimum Gasteiger partial charge on any atom is -0.459 e. The summed E-state index contributed by atoms with van der Waals surface area (Å²) >= 11 is 5.93. The van der Waals surface area contributed by atoms with Crippen LogP contribution in [0.1, 0.15) is 17.4 Å². The van der Waals surface area contributed by atoms with Crippen LogP contribution < -0.4 is 5.73 Å². The van der Waals surface area contributed by atoms with Gasteiger partial charge in [-0.05, 0) is 35.9 Å². The lowest BCUT2D eigenvalue weighted by Crippen LogP contribution is -2.11. The molecule has 1 unspecified atom stereocenters. The Kier molecular flexibility index (Phi) is 2.74. The van der Waals surface area contributed by atoms with Gasteiger partial charge in [0.2, 0.25) is 0 Å². The molecule has 0 aliphatic carbocycles. The Hall–Kier alpha value is -1.91. The van der Waals surface area contributed by atoms with Crippen molar-refractivity contribution >= 4 is 22.6 Å². The molecule has 2 heterocycles. The normalized spacial score (nSPS) is 12.8. The predicted octanol–water partition coefficient (Wildman–Crippen LogP) is 2.92. The lowest BCUT2D eigenvalue weighted by Gasteiger charge is -2.06. The van der Waals surface area contributed by atoms with Crippen molar-refractivity contribution in [1.29, 1.82) is 0 Å². The highest BCUT2D eigenvalue weighted by Gasteiger charge is 2.14. The van der Waals surface area contributed by atoms with E-state index in [4.69, 9.17) is 21.8 Å². The van der Waals surface area contributed by atoms with Gasteiger partial charge in [0, 0.05) is 16.6 Å². The first-order valence-electron chi connectivity index (χ1n) is 5.45. The average molecular weight is 260 g/mol. The van der Waals surface area contributed by atoms with E-state index in [9.17, 15) is 0 Å². The number of benzene rings is 1. The number of fused-ring (bicyclic) bond motifs is 1. The Morgan fingerprint density at radius 3 is 2.83 bits per heavy atom. The maximum absolute atomic E-state index is 6.12. The fraction of sp³-hybridized carbons (Fsp3) is 0.0769. The van der Waals surface area contributed by atoms with Crippen molar-refractivity contribution in [2.24, 2.45) is 5.73 Å². The van der Waals surface area contributed by atoms with Crippen LogP contribution in [0.5, 0.6) is 0 Å². The second kappa shape index (κ2) is 4.40. The van der Waals surface area contributed by atoms with Gasteiger partial charge >= 0.3 is 0 Å². The largest absolute Gasteiger partial charge is 0.459 e. The van der Waals surface area contributed by atoms with Crippen LogP contribution in [0.2, 0.25) is 5.02 Å². The zero-order valence-corrected chi connectivity index (χ0v) is 10.1. The molecule has 0 spiro atoms. The highest BCUT2D eigenvalue weighted by molar-refractivity contribution is 6.31. The van der Waals surface area contributed by atoms with Crippen LogP contribution in [-0.2, 0) is 0 Å². The first-order valence-corrected chi connectivity index (χ1v) is 5.83. The molecule has 0 aliphatic heterocycles. The lowest BCUT2D eigenvalue weighted by molar-refractivity contribution is 0.524. The average Bonchev–Trinajstić information content (AvgIpc) is 2.81. The molecule has 5 heteroatoms. The molecule has 3 rings (SSSR count). The number of aromatic nitrogens is 2. The summed E-state index contributed by atoms with van der Waals surface area (Å²) in [5.41, 5.74) is 7.75. The highest BCUT2D eigenvalue weighted by atomic mass is 35.5. The third-order valence-corrected chi connectivity index (χ3v) is 3.01. The van der Waals surface area contributed by atoms with Gasteiger partial charge in [0.1, 0.15) is 11.3 Å². The maximum Gasteiger partial charge on any atom is 0.134 e. The molecule has 2 N–H and O–H groups in total. The van der Waals surface area contributed by atoms with Crippen LogP contribution in [-0.4, -0.2) is 10.2 Å². The zero-order valence-electron chi connectivity index (χ0n) is 9.38. The second-order valence-electron chi connectivity index (χ2n) is 3.98. The van der Waals surface area contributed by atoms with Crippen LogP contribution in [0.4, 0.5) is 0 Å². The molecule has 3 aromatic rings. The van der Waals surface area contributed by atoms with Crippen molar-refractivity contribution in [3.8, 4) is 0 Å². The third kappa shape index (κ3) is 1.96. The van der Waals surface area contributed by atoms with Crippen LogP contribution in [0.3, 0.4) is 0 Å². The number of nitrogens with two attached hydrogens (primary N) is 1. The molecule has 0 fully saturated rings. The molecule has 2 aromatic heterocycles. The van der Waals surface area contributed by atoms with Crippen molar-refractivity contribution in [3.05, 3.63) is 59.1 Å². The van der Waals surface area contributed by atoms with Gasteiger partial charge < -0.3 is 10.2 Å². The van der Waals surface area contributed by atoms with Crippen molar-refractivity contribution in [2.45, 2.75) is 6.04 Å². The Morgan fingerprint density at radius 2 is 2.06 bits per heavy atom. The number of furan rings is 1. The number of rotatable bonds is 2. The summed E-state index contributed by atoms with van der Waals surface area (Å²) in [5, 5.41) is 9.14. The third-order valence-electron chi connectivity index (χ3n) is 2.77. The fourth-order valence-electron chi connectivity index (χ4n) is 1.84. The van der Waals surface area contributed by atoms with Crippen LogP contribution in [0.25, 0.3) is 11.0 Å². The fourth-order valence-corrected chi connectivity index (χ4v) is 2.02. The zero-order chi connectivity index (χ0) is 12.5. The van der Waals surface area contributed by atoms with E-state index in [0.717, 1.165) is 16.5 Å². The summed E-state index contributed by atoms with van der Waals surface area (Å²) in [7, 11) is 0. The standard InChI is InChI=1S/C13H10ClN3O/c14-10-1-2-11-9(5-10)6-12(18-11)13(15)8-3-4-16-17-7-8/h1-7,13H,15H2. The van der Waals surface area contributed by atoms with E-state index in [-0.39, 0.29) is 6.04 Å². The number of hydrogen-bond acceptors (Lipinski definition) is 4. The van der Waals surface area contributed by atoms with Crippen molar-refractivity contribution in [1.82, 2.24) is 10.2 Å². The molecule has 0 saturated carbocycles. The maximum atomic E-state index is 6.12. The van der Waals surface area contributed by atoms with Gasteiger partial charge in [0.15, 0.2) is 0 Å². The molecule has 0 radical (unpaired) electrons. The van der Waals surface area contributed by atoms with E-state index in [0.29, 0.717) is 10.8 Å². The summed E-state index contributed by atoms with van der Waals surface area (Å²) in [6, 6.07) is 8.83. The van der Waals surface area contributed by atoms with Crippen molar-refractivity contribution in [3.63, 3.8) is 0 Å². The molecule has 1 aromatic carbocycles. The first-order chi connectivity index (χ1) is 8.74. The van der Waals surface area contributed by atoms with Crippen LogP contribution in [0.15, 0.2) is 47.1 Å². The number of hydrogen-bond donors (Lipinski definition) is 1. The lowest BCUT2D eigenvalue weighted by atomic mass is 10.1. The quantitative estimate of drug-likeness (QED) is 0.768. The van der Waals surface area contributed by atoms with Gasteiger partial charge in [-0.1, -0.05) is 11.6 Å². The van der Waals surface area contributed by atoms with Gasteiger partial charge in [-0.2, -0.15) is 10.2 Å². The monoisotopic (exact) mass is 259 g/mol. The minimum atomic E-state index is -0.355. The molecule has 4 nitrogen and oxygen atoms in total. The van der Waals surface area contributed by atoms with Crippen molar-refractivity contribution < 1.29 is 4.42 Å². The van der Waals surface area contributed by atoms with E-state index in [2.05, 4.69) is 10.2 Å². The van der Waals surface area contributed by atoms with E-state index in [1.54, 1.807) is 18.5 Å². The Morgan fingerprint density at radius 1 is 1.17 bits per heavy atom. The molecule has 0 bridgehead atoms. The first kappa shape index (κ1) is 11.2. The van der Waals surface area contributed by atoms with E-state index in [1.165, 1.54) is 0 Å². The van der Waals surface area contributed by atoms with Crippen LogP contribution in [0, 0.1) is 0 Å². The SMILES string of the molecule is NC(c1ccnnc1)c1cc2cc(Cl)ccc2o1. The van der Waals surface area contributed by atoms with Gasteiger partial charge in [-0.3, -0.25) is 0 Å². The topological polar surface area (TPSA) is 64.9 Å². The molecule has 90 valence electrons.